The van der Waals surface area contributed by atoms with E-state index in [9.17, 15) is 26.4 Å². The van der Waals surface area contributed by atoms with Gasteiger partial charge in [-0.05, 0) is 36.4 Å². The number of carbonyl (C=O) groups is 1. The molecule has 0 saturated heterocycles. The van der Waals surface area contributed by atoms with Crippen LogP contribution >= 0.6 is 11.6 Å². The number of carbonyl (C=O) groups excluding carboxylic acids is 1. The summed E-state index contributed by atoms with van der Waals surface area (Å²) in [6.07, 6.45) is -4.50. The summed E-state index contributed by atoms with van der Waals surface area (Å²) < 4.78 is 63.1. The molecule has 0 aliphatic rings. The number of alkyl halides is 3. The van der Waals surface area contributed by atoms with Gasteiger partial charge in [0.25, 0.3) is 0 Å². The van der Waals surface area contributed by atoms with Crippen LogP contribution in [-0.2, 0) is 16.2 Å². The predicted molar refractivity (Wildman–Crippen MR) is 87.0 cm³/mol. The Morgan fingerprint density at radius 3 is 2.04 bits per heavy atom. The third-order valence-electron chi connectivity index (χ3n) is 3.42. The maximum atomic E-state index is 12.5. The molecule has 2 rings (SSSR count). The summed E-state index contributed by atoms with van der Waals surface area (Å²) in [5.74, 6) is -0.617. The van der Waals surface area contributed by atoms with E-state index in [1.807, 2.05) is 0 Å². The number of hydrogen-bond acceptors (Lipinski definition) is 3. The SMILES string of the molecule is CN(CC(=O)c1ccc(C(F)(F)F)cc1)S(=O)(=O)c1ccc(Cl)cc1. The molecule has 0 radical (unpaired) electrons. The van der Waals surface area contributed by atoms with Gasteiger partial charge in [-0.25, -0.2) is 8.42 Å². The molecule has 25 heavy (non-hydrogen) atoms. The molecule has 9 heteroatoms. The fourth-order valence-corrected chi connectivity index (χ4v) is 3.26. The average Bonchev–Trinajstić information content (AvgIpc) is 2.54. The first-order valence-electron chi connectivity index (χ1n) is 6.94. The molecule has 2 aromatic carbocycles. The van der Waals surface area contributed by atoms with Gasteiger partial charge in [-0.3, -0.25) is 4.79 Å². The van der Waals surface area contributed by atoms with Crippen LogP contribution < -0.4 is 0 Å². The van der Waals surface area contributed by atoms with Crippen molar-refractivity contribution in [2.75, 3.05) is 13.6 Å². The van der Waals surface area contributed by atoms with Crippen LogP contribution in [0.1, 0.15) is 15.9 Å². The zero-order valence-electron chi connectivity index (χ0n) is 12.9. The van der Waals surface area contributed by atoms with Crippen molar-refractivity contribution in [3.05, 3.63) is 64.7 Å². The van der Waals surface area contributed by atoms with Crippen molar-refractivity contribution in [1.29, 1.82) is 0 Å². The van der Waals surface area contributed by atoms with Crippen molar-refractivity contribution in [1.82, 2.24) is 4.31 Å². The van der Waals surface area contributed by atoms with Crippen molar-refractivity contribution >= 4 is 27.4 Å². The fourth-order valence-electron chi connectivity index (χ4n) is 2.01. The van der Waals surface area contributed by atoms with E-state index in [1.54, 1.807) is 0 Å². The van der Waals surface area contributed by atoms with Crippen molar-refractivity contribution in [2.24, 2.45) is 0 Å². The highest BCUT2D eigenvalue weighted by Gasteiger charge is 2.30. The largest absolute Gasteiger partial charge is 0.416 e. The van der Waals surface area contributed by atoms with E-state index in [4.69, 9.17) is 11.6 Å². The van der Waals surface area contributed by atoms with E-state index in [-0.39, 0.29) is 10.5 Å². The number of nitrogens with zero attached hydrogens (tertiary/aromatic N) is 1. The van der Waals surface area contributed by atoms with Crippen LogP contribution in [0.15, 0.2) is 53.4 Å². The molecule has 0 amide bonds. The maximum absolute atomic E-state index is 12.5. The molecule has 0 atom stereocenters. The highest BCUT2D eigenvalue weighted by molar-refractivity contribution is 7.89. The van der Waals surface area contributed by atoms with Crippen LogP contribution in [0, 0.1) is 0 Å². The zero-order valence-corrected chi connectivity index (χ0v) is 14.5. The van der Waals surface area contributed by atoms with E-state index in [0.29, 0.717) is 5.02 Å². The number of rotatable bonds is 5. The van der Waals surface area contributed by atoms with E-state index in [2.05, 4.69) is 0 Å². The zero-order chi connectivity index (χ0) is 18.8. The van der Waals surface area contributed by atoms with E-state index in [0.717, 1.165) is 28.6 Å². The minimum absolute atomic E-state index is 0.00819. The number of hydrogen-bond donors (Lipinski definition) is 0. The summed E-state index contributed by atoms with van der Waals surface area (Å²) in [4.78, 5) is 12.1. The molecular weight excluding hydrogens is 379 g/mol. The van der Waals surface area contributed by atoms with Crippen molar-refractivity contribution in [3.8, 4) is 0 Å². The van der Waals surface area contributed by atoms with Crippen LogP contribution in [0.5, 0.6) is 0 Å². The molecule has 4 nitrogen and oxygen atoms in total. The van der Waals surface area contributed by atoms with Gasteiger partial charge in [0.05, 0.1) is 17.0 Å². The molecule has 0 aromatic heterocycles. The van der Waals surface area contributed by atoms with Crippen LogP contribution in [0.3, 0.4) is 0 Å². The summed E-state index contributed by atoms with van der Waals surface area (Å²) in [6, 6.07) is 9.01. The normalized spacial score (nSPS) is 12.4. The quantitative estimate of drug-likeness (QED) is 0.727. The van der Waals surface area contributed by atoms with E-state index >= 15 is 0 Å². The van der Waals surface area contributed by atoms with Gasteiger partial charge in [0.1, 0.15) is 0 Å². The lowest BCUT2D eigenvalue weighted by Crippen LogP contribution is -2.32. The Bertz CT molecular complexity index is 863. The molecule has 0 aliphatic heterocycles. The first kappa shape index (κ1) is 19.4. The molecule has 0 saturated carbocycles. The maximum Gasteiger partial charge on any atom is 0.416 e. The van der Waals surface area contributed by atoms with Crippen LogP contribution in [-0.4, -0.2) is 32.1 Å². The lowest BCUT2D eigenvalue weighted by atomic mass is 10.1. The lowest BCUT2D eigenvalue weighted by Gasteiger charge is -2.16. The van der Waals surface area contributed by atoms with Gasteiger partial charge in [-0.2, -0.15) is 17.5 Å². The first-order valence-corrected chi connectivity index (χ1v) is 8.76. The third-order valence-corrected chi connectivity index (χ3v) is 5.49. The van der Waals surface area contributed by atoms with Gasteiger partial charge >= 0.3 is 6.18 Å². The third kappa shape index (κ3) is 4.59. The standard InChI is InChI=1S/C16H13ClF3NO3S/c1-21(25(23,24)14-8-6-13(17)7-9-14)10-15(22)11-2-4-12(5-3-11)16(18,19)20/h2-9H,10H2,1H3. The summed E-state index contributed by atoms with van der Waals surface area (Å²) in [7, 11) is -2.70. The molecule has 0 fully saturated rings. The Morgan fingerprint density at radius 2 is 1.56 bits per heavy atom. The predicted octanol–water partition coefficient (Wildman–Crippen LogP) is 3.86. The Hall–Kier alpha value is -1.90. The Labute approximate surface area is 147 Å². The van der Waals surface area contributed by atoms with E-state index in [1.165, 1.54) is 31.3 Å². The molecule has 134 valence electrons. The lowest BCUT2D eigenvalue weighted by molar-refractivity contribution is -0.137. The first-order chi connectivity index (χ1) is 11.5. The van der Waals surface area contributed by atoms with Crippen molar-refractivity contribution in [2.45, 2.75) is 11.1 Å². The minimum atomic E-state index is -4.50. The molecule has 0 N–H and O–H groups in total. The smallest absolute Gasteiger partial charge is 0.293 e. The molecule has 0 heterocycles. The molecule has 0 unspecified atom stereocenters. The Balaban J connectivity index is 2.15. The molecule has 0 bridgehead atoms. The number of halogens is 4. The van der Waals surface area contributed by atoms with E-state index < -0.39 is 34.1 Å². The number of benzene rings is 2. The summed E-state index contributed by atoms with van der Waals surface area (Å²) >= 11 is 5.71. The monoisotopic (exact) mass is 391 g/mol. The number of likely N-dealkylation sites (N-methyl/N-ethyl adjacent to an activating group) is 1. The molecular formula is C16H13ClF3NO3S. The van der Waals surface area contributed by atoms with Gasteiger partial charge in [0, 0.05) is 17.6 Å². The average molecular weight is 392 g/mol. The number of ketones is 1. The highest BCUT2D eigenvalue weighted by atomic mass is 35.5. The Kier molecular flexibility index (Phi) is 5.55. The second kappa shape index (κ2) is 7.15. The highest BCUT2D eigenvalue weighted by Crippen LogP contribution is 2.29. The fraction of sp³-hybridized carbons (Fsp3) is 0.188. The number of sulfonamides is 1. The van der Waals surface area contributed by atoms with Crippen LogP contribution in [0.2, 0.25) is 5.02 Å². The molecule has 2 aromatic rings. The Morgan fingerprint density at radius 1 is 1.04 bits per heavy atom. The minimum Gasteiger partial charge on any atom is -0.293 e. The van der Waals surface area contributed by atoms with Gasteiger partial charge in [0.15, 0.2) is 5.78 Å². The topological polar surface area (TPSA) is 54.5 Å². The summed E-state index contributed by atoms with van der Waals surface area (Å²) in [5, 5.41) is 0.363. The summed E-state index contributed by atoms with van der Waals surface area (Å²) in [5.41, 5.74) is -0.891. The molecule has 0 aliphatic carbocycles. The van der Waals surface area contributed by atoms with Gasteiger partial charge in [-0.1, -0.05) is 23.7 Å². The van der Waals surface area contributed by atoms with Crippen LogP contribution in [0.25, 0.3) is 0 Å². The van der Waals surface area contributed by atoms with Gasteiger partial charge in [-0.15, -0.1) is 0 Å². The second-order valence-corrected chi connectivity index (χ2v) is 7.69. The van der Waals surface area contributed by atoms with Gasteiger partial charge in [0.2, 0.25) is 10.0 Å². The van der Waals surface area contributed by atoms with Crippen molar-refractivity contribution in [3.63, 3.8) is 0 Å². The van der Waals surface area contributed by atoms with Crippen LogP contribution in [0.4, 0.5) is 13.2 Å². The second-order valence-electron chi connectivity index (χ2n) is 5.21. The number of Topliss-reactive ketones (excluding diaryl/α,β-unsaturated/α-hetero) is 1. The summed E-state index contributed by atoms with van der Waals surface area (Å²) in [6.45, 7) is -0.504. The molecule has 0 spiro atoms. The van der Waals surface area contributed by atoms with Crippen molar-refractivity contribution < 1.29 is 26.4 Å². The van der Waals surface area contributed by atoms with Gasteiger partial charge < -0.3 is 0 Å².